The molecule has 6 rings (SSSR count). The fourth-order valence-corrected chi connectivity index (χ4v) is 7.57. The van der Waals surface area contributed by atoms with Crippen molar-refractivity contribution in [3.8, 4) is 0 Å². The molecule has 0 N–H and O–H groups in total. The summed E-state index contributed by atoms with van der Waals surface area (Å²) in [6.07, 6.45) is 10.5. The maximum absolute atomic E-state index is 3.03. The van der Waals surface area contributed by atoms with Crippen LogP contribution in [0, 0.1) is 23.7 Å². The zero-order valence-electron chi connectivity index (χ0n) is 16.0. The van der Waals surface area contributed by atoms with E-state index < -0.39 is 0 Å². The van der Waals surface area contributed by atoms with Crippen LogP contribution in [0.2, 0.25) is 0 Å². The van der Waals surface area contributed by atoms with Crippen molar-refractivity contribution >= 4 is 0 Å². The molecule has 25 heavy (non-hydrogen) atoms. The van der Waals surface area contributed by atoms with Crippen LogP contribution >= 0.6 is 0 Å². The average molecular weight is 339 g/mol. The van der Waals surface area contributed by atoms with Crippen molar-refractivity contribution in [3.05, 3.63) is 35.9 Å². The molecule has 2 nitrogen and oxygen atoms in total. The maximum Gasteiger partial charge on any atom is 0.0394 e. The van der Waals surface area contributed by atoms with Crippen molar-refractivity contribution in [1.82, 2.24) is 9.80 Å². The molecule has 1 saturated heterocycles. The summed E-state index contributed by atoms with van der Waals surface area (Å²) in [7, 11) is 4.49. The minimum Gasteiger partial charge on any atom is -0.309 e. The highest BCUT2D eigenvalue weighted by molar-refractivity contribution is 5.24. The first-order valence-electron chi connectivity index (χ1n) is 10.6. The van der Waals surface area contributed by atoms with Gasteiger partial charge in [-0.05, 0) is 94.8 Å². The molecule has 0 spiro atoms. The highest BCUT2D eigenvalue weighted by Crippen LogP contribution is 2.60. The molecular formula is C23H34N2. The second-order valence-corrected chi connectivity index (χ2v) is 10.0. The van der Waals surface area contributed by atoms with Gasteiger partial charge in [0.05, 0.1) is 0 Å². The van der Waals surface area contributed by atoms with E-state index in [1.165, 1.54) is 38.8 Å². The lowest BCUT2D eigenvalue weighted by Crippen LogP contribution is -2.60. The molecule has 5 fully saturated rings. The lowest BCUT2D eigenvalue weighted by atomic mass is 9.52. The summed E-state index contributed by atoms with van der Waals surface area (Å²) in [4.78, 5) is 5.44. The molecule has 0 aromatic heterocycles. The van der Waals surface area contributed by atoms with Crippen LogP contribution in [0.25, 0.3) is 0 Å². The molecule has 5 aliphatic rings. The van der Waals surface area contributed by atoms with Crippen molar-refractivity contribution < 1.29 is 0 Å². The molecule has 0 amide bonds. The number of benzene rings is 1. The minimum atomic E-state index is 0.538. The van der Waals surface area contributed by atoms with Crippen molar-refractivity contribution in [3.63, 3.8) is 0 Å². The standard InChI is InChI=1S/C23H34N2/c1-24(2)16-21-8-9-25(22(21)20-6-4-3-5-7-20)23-13-17-10-18(14-23)12-19(11-17)15-23/h3-7,17-19,21-22H,8-16H2,1-2H3/t17?,18?,19?,21-,22+,23?/m0/s1. The third kappa shape index (κ3) is 2.77. The normalized spacial score (nSPS) is 43.2. The Balaban J connectivity index is 1.49. The molecule has 1 aromatic carbocycles. The van der Waals surface area contributed by atoms with E-state index >= 15 is 0 Å². The van der Waals surface area contributed by atoms with Crippen LogP contribution < -0.4 is 0 Å². The molecule has 2 heteroatoms. The van der Waals surface area contributed by atoms with E-state index in [2.05, 4.69) is 54.2 Å². The molecule has 2 atom stereocenters. The lowest BCUT2D eigenvalue weighted by Gasteiger charge is -2.61. The highest BCUT2D eigenvalue weighted by atomic mass is 15.3. The van der Waals surface area contributed by atoms with Crippen LogP contribution in [0.4, 0.5) is 0 Å². The highest BCUT2D eigenvalue weighted by Gasteiger charge is 2.56. The summed E-state index contributed by atoms with van der Waals surface area (Å²) in [5.74, 6) is 3.90. The molecule has 1 aliphatic heterocycles. The van der Waals surface area contributed by atoms with Gasteiger partial charge in [0.1, 0.15) is 0 Å². The largest absolute Gasteiger partial charge is 0.309 e. The van der Waals surface area contributed by atoms with Crippen LogP contribution in [0.3, 0.4) is 0 Å². The summed E-state index contributed by atoms with van der Waals surface area (Å²) >= 11 is 0. The summed E-state index contributed by atoms with van der Waals surface area (Å²) in [5.41, 5.74) is 2.11. The van der Waals surface area contributed by atoms with Crippen molar-refractivity contribution in [2.45, 2.75) is 56.5 Å². The molecule has 136 valence electrons. The average Bonchev–Trinajstić information content (AvgIpc) is 2.98. The lowest BCUT2D eigenvalue weighted by molar-refractivity contribution is -0.0976. The number of rotatable bonds is 4. The topological polar surface area (TPSA) is 6.48 Å². The van der Waals surface area contributed by atoms with E-state index in [4.69, 9.17) is 0 Å². The van der Waals surface area contributed by atoms with E-state index in [0.29, 0.717) is 11.6 Å². The van der Waals surface area contributed by atoms with Gasteiger partial charge >= 0.3 is 0 Å². The van der Waals surface area contributed by atoms with Gasteiger partial charge in [0, 0.05) is 18.1 Å². The Bertz CT molecular complexity index is 572. The van der Waals surface area contributed by atoms with Crippen LogP contribution in [-0.4, -0.2) is 42.5 Å². The Morgan fingerprint density at radius 3 is 2.12 bits per heavy atom. The quantitative estimate of drug-likeness (QED) is 0.793. The summed E-state index contributed by atoms with van der Waals surface area (Å²) in [5, 5.41) is 0. The van der Waals surface area contributed by atoms with Crippen LogP contribution in [0.5, 0.6) is 0 Å². The van der Waals surface area contributed by atoms with Gasteiger partial charge in [0.25, 0.3) is 0 Å². The van der Waals surface area contributed by atoms with Gasteiger partial charge in [0.2, 0.25) is 0 Å². The summed E-state index contributed by atoms with van der Waals surface area (Å²) < 4.78 is 0. The van der Waals surface area contributed by atoms with Crippen LogP contribution in [0.15, 0.2) is 30.3 Å². The van der Waals surface area contributed by atoms with Crippen molar-refractivity contribution in [2.24, 2.45) is 23.7 Å². The van der Waals surface area contributed by atoms with E-state index in [9.17, 15) is 0 Å². The fraction of sp³-hybridized carbons (Fsp3) is 0.739. The molecule has 4 bridgehead atoms. The van der Waals surface area contributed by atoms with E-state index in [1.54, 1.807) is 24.8 Å². The molecule has 0 radical (unpaired) electrons. The summed E-state index contributed by atoms with van der Waals surface area (Å²) in [6, 6.07) is 12.1. The number of hydrogen-bond donors (Lipinski definition) is 0. The number of hydrogen-bond acceptors (Lipinski definition) is 2. The molecule has 0 unspecified atom stereocenters. The third-order valence-corrected chi connectivity index (χ3v) is 7.88. The number of likely N-dealkylation sites (tertiary alicyclic amines) is 1. The number of nitrogens with zero attached hydrogens (tertiary/aromatic N) is 2. The Kier molecular flexibility index (Phi) is 3.98. The first kappa shape index (κ1) is 16.3. The zero-order chi connectivity index (χ0) is 17.0. The van der Waals surface area contributed by atoms with Gasteiger partial charge in [-0.25, -0.2) is 0 Å². The Hall–Kier alpha value is -0.860. The Labute approximate surface area is 153 Å². The van der Waals surface area contributed by atoms with Gasteiger partial charge in [-0.2, -0.15) is 0 Å². The van der Waals surface area contributed by atoms with E-state index in [-0.39, 0.29) is 0 Å². The molecular weight excluding hydrogens is 304 g/mol. The second-order valence-electron chi connectivity index (χ2n) is 10.0. The zero-order valence-corrected chi connectivity index (χ0v) is 16.0. The molecule has 4 aliphatic carbocycles. The van der Waals surface area contributed by atoms with Gasteiger partial charge in [0.15, 0.2) is 0 Å². The SMILES string of the molecule is CN(C)C[C@@H]1CCN(C23CC4CC(CC(C4)C2)C3)[C@@H]1c1ccccc1. The van der Waals surface area contributed by atoms with Crippen LogP contribution in [-0.2, 0) is 0 Å². The monoisotopic (exact) mass is 338 g/mol. The minimum absolute atomic E-state index is 0.538. The third-order valence-electron chi connectivity index (χ3n) is 7.88. The summed E-state index contributed by atoms with van der Waals surface area (Å²) in [6.45, 7) is 2.55. The Morgan fingerprint density at radius 2 is 1.56 bits per heavy atom. The predicted molar refractivity (Wildman–Crippen MR) is 103 cm³/mol. The first-order valence-corrected chi connectivity index (χ1v) is 10.6. The van der Waals surface area contributed by atoms with Gasteiger partial charge in [-0.15, -0.1) is 0 Å². The first-order chi connectivity index (χ1) is 12.1. The van der Waals surface area contributed by atoms with Gasteiger partial charge in [-0.3, -0.25) is 4.90 Å². The van der Waals surface area contributed by atoms with Gasteiger partial charge < -0.3 is 4.90 Å². The second kappa shape index (κ2) is 6.09. The van der Waals surface area contributed by atoms with Crippen molar-refractivity contribution in [1.29, 1.82) is 0 Å². The molecule has 1 heterocycles. The predicted octanol–water partition coefficient (Wildman–Crippen LogP) is 4.58. The fourth-order valence-electron chi connectivity index (χ4n) is 7.57. The van der Waals surface area contributed by atoms with E-state index in [0.717, 1.165) is 23.7 Å². The maximum atomic E-state index is 3.03. The molecule has 1 aromatic rings. The van der Waals surface area contributed by atoms with Crippen molar-refractivity contribution in [2.75, 3.05) is 27.2 Å². The Morgan fingerprint density at radius 1 is 0.960 bits per heavy atom. The van der Waals surface area contributed by atoms with Gasteiger partial charge in [-0.1, -0.05) is 30.3 Å². The van der Waals surface area contributed by atoms with E-state index in [1.807, 2.05) is 0 Å². The van der Waals surface area contributed by atoms with Crippen LogP contribution in [0.1, 0.15) is 56.6 Å². The molecule has 4 saturated carbocycles. The smallest absolute Gasteiger partial charge is 0.0394 e.